The van der Waals surface area contributed by atoms with Crippen molar-refractivity contribution in [3.8, 4) is 22.9 Å². The average Bonchev–Trinajstić information content (AvgIpc) is 3.15. The lowest BCUT2D eigenvalue weighted by molar-refractivity contribution is -0.150. The Labute approximate surface area is 192 Å². The van der Waals surface area contributed by atoms with Crippen molar-refractivity contribution in [3.05, 3.63) is 57.7 Å². The van der Waals surface area contributed by atoms with E-state index in [1.807, 2.05) is 0 Å². The molecule has 9 nitrogen and oxygen atoms in total. The van der Waals surface area contributed by atoms with Crippen LogP contribution in [0.5, 0.6) is 17.2 Å². The third-order valence-corrected chi connectivity index (χ3v) is 4.65. The Kier molecular flexibility index (Phi) is 7.99. The van der Waals surface area contributed by atoms with Gasteiger partial charge >= 0.3 is 11.7 Å². The topological polar surface area (TPSA) is 97.5 Å². The number of rotatable bonds is 10. The molecule has 12 heteroatoms. The minimum atomic E-state index is -0.816. The molecule has 1 aromatic heterocycles. The fourth-order valence-electron chi connectivity index (χ4n) is 2.76. The zero-order valence-corrected chi connectivity index (χ0v) is 18.6. The minimum Gasteiger partial charge on any atom is -0.479 e. The predicted octanol–water partition coefficient (Wildman–Crippen LogP) is 3.70. The largest absolute Gasteiger partial charge is 0.479 e. The second kappa shape index (κ2) is 10.9. The standard InChI is InChI=1S/C21H21ClF2N4O5/c1-3-31-20(29)13(2)32-14-5-7-15(8-6-14)33-19-12-18(17(24)11-16(19)22)28-21(30)27(25-26-28)10-4-9-23/h5-8,11-13H,3-4,9-10H2,1-2H3. The van der Waals surface area contributed by atoms with Crippen LogP contribution in [0.25, 0.3) is 5.69 Å². The summed E-state index contributed by atoms with van der Waals surface area (Å²) >= 11 is 6.11. The maximum Gasteiger partial charge on any atom is 0.368 e. The molecule has 0 radical (unpaired) electrons. The first-order valence-corrected chi connectivity index (χ1v) is 10.4. The maximum atomic E-state index is 14.5. The van der Waals surface area contributed by atoms with Crippen molar-refractivity contribution in [2.24, 2.45) is 0 Å². The third kappa shape index (κ3) is 5.86. The fraction of sp³-hybridized carbons (Fsp3) is 0.333. The molecule has 0 amide bonds. The van der Waals surface area contributed by atoms with Gasteiger partial charge in [-0.1, -0.05) is 11.6 Å². The van der Waals surface area contributed by atoms with Crippen LogP contribution in [-0.2, 0) is 16.1 Å². The summed E-state index contributed by atoms with van der Waals surface area (Å²) in [5, 5.41) is 7.24. The molecule has 176 valence electrons. The molecule has 0 saturated carbocycles. The van der Waals surface area contributed by atoms with Gasteiger partial charge < -0.3 is 14.2 Å². The van der Waals surface area contributed by atoms with Gasteiger partial charge in [-0.05, 0) is 61.0 Å². The van der Waals surface area contributed by atoms with Gasteiger partial charge in [0.05, 0.1) is 24.8 Å². The van der Waals surface area contributed by atoms with Crippen LogP contribution in [0, 0.1) is 5.82 Å². The Morgan fingerprint density at radius 1 is 1.18 bits per heavy atom. The monoisotopic (exact) mass is 482 g/mol. The van der Waals surface area contributed by atoms with Crippen LogP contribution in [0.3, 0.4) is 0 Å². The van der Waals surface area contributed by atoms with E-state index in [0.717, 1.165) is 15.4 Å². The van der Waals surface area contributed by atoms with E-state index in [0.29, 0.717) is 11.5 Å². The van der Waals surface area contributed by atoms with Crippen LogP contribution in [0.4, 0.5) is 8.78 Å². The lowest BCUT2D eigenvalue weighted by Gasteiger charge is -2.14. The van der Waals surface area contributed by atoms with Gasteiger partial charge in [0.1, 0.15) is 22.9 Å². The first-order valence-electron chi connectivity index (χ1n) is 10.0. The number of aryl methyl sites for hydroxylation is 1. The second-order valence-electron chi connectivity index (χ2n) is 6.76. The number of nitrogens with zero attached hydrogens (tertiary/aromatic N) is 4. The van der Waals surface area contributed by atoms with E-state index < -0.39 is 30.3 Å². The Morgan fingerprint density at radius 2 is 1.88 bits per heavy atom. The minimum absolute atomic E-state index is 0.0110. The summed E-state index contributed by atoms with van der Waals surface area (Å²) < 4.78 is 44.7. The van der Waals surface area contributed by atoms with E-state index in [1.165, 1.54) is 6.07 Å². The molecule has 0 spiro atoms. The predicted molar refractivity (Wildman–Crippen MR) is 114 cm³/mol. The van der Waals surface area contributed by atoms with Crippen LogP contribution >= 0.6 is 11.6 Å². The molecule has 3 aromatic rings. The van der Waals surface area contributed by atoms with Gasteiger partial charge in [-0.25, -0.2) is 14.0 Å². The Balaban J connectivity index is 1.79. The number of tetrazole rings is 1. The summed E-state index contributed by atoms with van der Waals surface area (Å²) in [4.78, 5) is 24.1. The summed E-state index contributed by atoms with van der Waals surface area (Å²) in [6.07, 6.45) is -0.712. The van der Waals surface area contributed by atoms with E-state index in [4.69, 9.17) is 25.8 Å². The van der Waals surface area contributed by atoms with Crippen LogP contribution in [0.1, 0.15) is 20.3 Å². The number of alkyl halides is 1. The third-order valence-electron chi connectivity index (χ3n) is 4.36. The van der Waals surface area contributed by atoms with Crippen molar-refractivity contribution in [1.29, 1.82) is 0 Å². The highest BCUT2D eigenvalue weighted by Gasteiger charge is 2.18. The summed E-state index contributed by atoms with van der Waals surface area (Å²) in [6.45, 7) is 2.90. The number of carbonyl (C=O) groups excluding carboxylic acids is 1. The van der Waals surface area contributed by atoms with Crippen molar-refractivity contribution in [2.75, 3.05) is 13.3 Å². The van der Waals surface area contributed by atoms with Gasteiger partial charge in [-0.3, -0.25) is 4.39 Å². The van der Waals surface area contributed by atoms with E-state index in [9.17, 15) is 18.4 Å². The molecule has 1 heterocycles. The quantitative estimate of drug-likeness (QED) is 0.406. The summed E-state index contributed by atoms with van der Waals surface area (Å²) in [5.41, 5.74) is -0.957. The van der Waals surface area contributed by atoms with Gasteiger partial charge in [0.15, 0.2) is 11.9 Å². The van der Waals surface area contributed by atoms with Gasteiger partial charge in [0.25, 0.3) is 0 Å². The number of esters is 1. The first kappa shape index (κ1) is 24.2. The zero-order valence-electron chi connectivity index (χ0n) is 17.8. The lowest BCUT2D eigenvalue weighted by atomic mass is 10.2. The number of hydrogen-bond acceptors (Lipinski definition) is 7. The molecule has 0 aliphatic carbocycles. The van der Waals surface area contributed by atoms with Gasteiger partial charge in [-0.15, -0.1) is 0 Å². The second-order valence-corrected chi connectivity index (χ2v) is 7.17. The number of carbonyl (C=O) groups is 1. The number of halogens is 3. The molecule has 3 rings (SSSR count). The van der Waals surface area contributed by atoms with Crippen LogP contribution in [-0.4, -0.2) is 45.1 Å². The molecule has 33 heavy (non-hydrogen) atoms. The number of benzene rings is 2. The van der Waals surface area contributed by atoms with Crippen molar-refractivity contribution in [3.63, 3.8) is 0 Å². The van der Waals surface area contributed by atoms with Crippen molar-refractivity contribution >= 4 is 17.6 Å². The molecule has 0 aliphatic rings. The molecule has 1 unspecified atom stereocenters. The van der Waals surface area contributed by atoms with E-state index >= 15 is 0 Å². The zero-order chi connectivity index (χ0) is 24.0. The average molecular weight is 483 g/mol. The van der Waals surface area contributed by atoms with Crippen molar-refractivity contribution < 1.29 is 27.8 Å². The Bertz CT molecular complexity index is 1170. The maximum absolute atomic E-state index is 14.5. The number of hydrogen-bond donors (Lipinski definition) is 0. The molecule has 0 fully saturated rings. The molecule has 1 atom stereocenters. The van der Waals surface area contributed by atoms with Gasteiger partial charge in [0, 0.05) is 6.07 Å². The molecule has 0 bridgehead atoms. The normalized spacial score (nSPS) is 11.8. The molecular weight excluding hydrogens is 462 g/mol. The highest BCUT2D eigenvalue weighted by Crippen LogP contribution is 2.33. The van der Waals surface area contributed by atoms with Crippen molar-refractivity contribution in [1.82, 2.24) is 19.8 Å². The lowest BCUT2D eigenvalue weighted by Crippen LogP contribution is -2.25. The molecule has 0 aliphatic heterocycles. The summed E-state index contributed by atoms with van der Waals surface area (Å²) in [6, 6.07) is 8.46. The molecule has 2 aromatic carbocycles. The first-order chi connectivity index (χ1) is 15.8. The van der Waals surface area contributed by atoms with Crippen LogP contribution in [0.15, 0.2) is 41.2 Å². The van der Waals surface area contributed by atoms with Crippen LogP contribution in [0.2, 0.25) is 5.02 Å². The van der Waals surface area contributed by atoms with Crippen LogP contribution < -0.4 is 15.2 Å². The smallest absolute Gasteiger partial charge is 0.368 e. The van der Waals surface area contributed by atoms with E-state index in [-0.39, 0.29) is 36.0 Å². The van der Waals surface area contributed by atoms with Gasteiger partial charge in [0.2, 0.25) is 0 Å². The Hall–Kier alpha value is -3.47. The van der Waals surface area contributed by atoms with Gasteiger partial charge in [-0.2, -0.15) is 9.36 Å². The molecule has 0 N–H and O–H groups in total. The highest BCUT2D eigenvalue weighted by atomic mass is 35.5. The molecule has 0 saturated heterocycles. The Morgan fingerprint density at radius 3 is 2.55 bits per heavy atom. The SMILES string of the molecule is CCOC(=O)C(C)Oc1ccc(Oc2cc(-n3nnn(CCCF)c3=O)c(F)cc2Cl)cc1. The molecular formula is C21H21ClF2N4O5. The van der Waals surface area contributed by atoms with E-state index in [2.05, 4.69) is 10.4 Å². The fourth-order valence-corrected chi connectivity index (χ4v) is 2.95. The summed E-state index contributed by atoms with van der Waals surface area (Å²) in [7, 11) is 0. The van der Waals surface area contributed by atoms with E-state index in [1.54, 1.807) is 38.1 Å². The summed E-state index contributed by atoms with van der Waals surface area (Å²) in [5.74, 6) is -0.495. The number of aromatic nitrogens is 4. The van der Waals surface area contributed by atoms with Crippen molar-refractivity contribution in [2.45, 2.75) is 32.9 Å². The number of ether oxygens (including phenoxy) is 3. The highest BCUT2D eigenvalue weighted by molar-refractivity contribution is 6.32.